The minimum atomic E-state index is -0.545. The van der Waals surface area contributed by atoms with Crippen LogP contribution in [0.1, 0.15) is 0 Å². The van der Waals surface area contributed by atoms with Gasteiger partial charge in [-0.1, -0.05) is 66.7 Å². The molecule has 0 aliphatic rings. The van der Waals surface area contributed by atoms with Crippen LogP contribution in [0.4, 0.5) is 5.69 Å². The van der Waals surface area contributed by atoms with Gasteiger partial charge in [0.05, 0.1) is 4.92 Å². The maximum atomic E-state index is 11.4. The summed E-state index contributed by atoms with van der Waals surface area (Å²) in [7, 11) is 0. The van der Waals surface area contributed by atoms with Crippen LogP contribution in [0, 0.1) is 10.1 Å². The molecule has 116 valence electrons. The third kappa shape index (κ3) is 2.08. The number of hydrogen-bond donors (Lipinski definition) is 1. The van der Waals surface area contributed by atoms with E-state index in [0.717, 1.165) is 27.1 Å². The Balaban J connectivity index is 2.19. The number of hydrogen-bond acceptors (Lipinski definition) is 3. The fourth-order valence-corrected chi connectivity index (χ4v) is 3.18. The van der Waals surface area contributed by atoms with E-state index in [4.69, 9.17) is 0 Å². The van der Waals surface area contributed by atoms with Crippen LogP contribution in [-0.2, 0) is 0 Å². The van der Waals surface area contributed by atoms with Crippen LogP contribution in [0.2, 0.25) is 0 Å². The molecule has 0 spiro atoms. The van der Waals surface area contributed by atoms with Crippen LogP contribution in [0.5, 0.6) is 5.75 Å². The molecule has 0 amide bonds. The van der Waals surface area contributed by atoms with E-state index in [1.54, 1.807) is 0 Å². The van der Waals surface area contributed by atoms with Crippen LogP contribution in [-0.4, -0.2) is 10.0 Å². The number of nitrogens with zero attached hydrogens (tertiary/aromatic N) is 1. The van der Waals surface area contributed by atoms with Crippen molar-refractivity contribution in [2.24, 2.45) is 0 Å². The number of aromatic hydroxyl groups is 1. The van der Waals surface area contributed by atoms with E-state index < -0.39 is 4.92 Å². The number of benzene rings is 4. The summed E-state index contributed by atoms with van der Waals surface area (Å²) in [6.07, 6.45) is 0. The molecule has 0 saturated heterocycles. The fraction of sp³-hybridized carbons (Fsp3) is 0. The number of nitro groups is 1. The van der Waals surface area contributed by atoms with Gasteiger partial charge >= 0.3 is 5.69 Å². The van der Waals surface area contributed by atoms with Crippen molar-refractivity contribution in [1.82, 2.24) is 0 Å². The minimum Gasteiger partial charge on any atom is -0.502 e. The van der Waals surface area contributed by atoms with Gasteiger partial charge in [-0.15, -0.1) is 0 Å². The van der Waals surface area contributed by atoms with Gasteiger partial charge < -0.3 is 5.11 Å². The second kappa shape index (κ2) is 5.35. The lowest BCUT2D eigenvalue weighted by Crippen LogP contribution is -1.93. The van der Waals surface area contributed by atoms with Gasteiger partial charge in [-0.05, 0) is 27.1 Å². The van der Waals surface area contributed by atoms with Crippen LogP contribution in [0.15, 0.2) is 72.8 Å². The highest BCUT2D eigenvalue weighted by Crippen LogP contribution is 2.44. The van der Waals surface area contributed by atoms with Crippen molar-refractivity contribution in [1.29, 1.82) is 0 Å². The molecule has 0 bridgehead atoms. The molecule has 4 heteroatoms. The first-order valence-corrected chi connectivity index (χ1v) is 7.54. The summed E-state index contributed by atoms with van der Waals surface area (Å²) >= 11 is 0. The van der Waals surface area contributed by atoms with Crippen molar-refractivity contribution in [3.05, 3.63) is 82.9 Å². The molecule has 4 aromatic carbocycles. The lowest BCUT2D eigenvalue weighted by atomic mass is 9.92. The highest BCUT2D eigenvalue weighted by molar-refractivity contribution is 6.09. The van der Waals surface area contributed by atoms with Crippen LogP contribution in [0.25, 0.3) is 32.7 Å². The van der Waals surface area contributed by atoms with E-state index in [2.05, 4.69) is 0 Å². The first kappa shape index (κ1) is 14.2. The first-order valence-electron chi connectivity index (χ1n) is 7.54. The first-order chi connectivity index (χ1) is 11.7. The summed E-state index contributed by atoms with van der Waals surface area (Å²) in [6, 6.07) is 22.4. The second-order valence-electron chi connectivity index (χ2n) is 5.62. The van der Waals surface area contributed by atoms with Crippen LogP contribution >= 0.6 is 0 Å². The summed E-state index contributed by atoms with van der Waals surface area (Å²) in [5.74, 6) is -0.296. The summed E-state index contributed by atoms with van der Waals surface area (Å²) in [4.78, 5) is 10.8. The molecule has 0 radical (unpaired) electrons. The maximum Gasteiger partial charge on any atom is 0.312 e. The molecular formula is C20H13NO3. The van der Waals surface area contributed by atoms with Gasteiger partial charge in [-0.25, -0.2) is 0 Å². The number of fused-ring (bicyclic) bond motifs is 2. The summed E-state index contributed by atoms with van der Waals surface area (Å²) in [5, 5.41) is 25.5. The monoisotopic (exact) mass is 315 g/mol. The third-order valence-electron chi connectivity index (χ3n) is 4.26. The molecule has 0 aliphatic heterocycles. The van der Waals surface area contributed by atoms with Gasteiger partial charge in [0.25, 0.3) is 0 Å². The third-order valence-corrected chi connectivity index (χ3v) is 4.26. The van der Waals surface area contributed by atoms with Crippen LogP contribution in [0.3, 0.4) is 0 Å². The summed E-state index contributed by atoms with van der Waals surface area (Å²) in [5.41, 5.74) is 0.999. The fourth-order valence-electron chi connectivity index (χ4n) is 3.18. The molecule has 0 saturated carbocycles. The molecule has 1 N–H and O–H groups in total. The lowest BCUT2D eigenvalue weighted by molar-refractivity contribution is -0.385. The van der Waals surface area contributed by atoms with Crippen molar-refractivity contribution in [3.63, 3.8) is 0 Å². The van der Waals surface area contributed by atoms with Gasteiger partial charge in [0.15, 0.2) is 0 Å². The zero-order valence-electron chi connectivity index (χ0n) is 12.6. The van der Waals surface area contributed by atoms with Gasteiger partial charge in [0, 0.05) is 11.6 Å². The van der Waals surface area contributed by atoms with Crippen molar-refractivity contribution in [3.8, 4) is 16.9 Å². The molecule has 4 rings (SSSR count). The quantitative estimate of drug-likeness (QED) is 0.404. The zero-order valence-corrected chi connectivity index (χ0v) is 12.6. The van der Waals surface area contributed by atoms with Crippen molar-refractivity contribution in [2.45, 2.75) is 0 Å². The van der Waals surface area contributed by atoms with E-state index in [1.807, 2.05) is 66.7 Å². The Morgan fingerprint density at radius 2 is 1.42 bits per heavy atom. The minimum absolute atomic E-state index is 0.281. The molecule has 0 aliphatic carbocycles. The Kier molecular flexibility index (Phi) is 3.17. The van der Waals surface area contributed by atoms with Crippen molar-refractivity contribution in [2.75, 3.05) is 0 Å². The average molecular weight is 315 g/mol. The van der Waals surface area contributed by atoms with E-state index in [-0.39, 0.29) is 11.4 Å². The summed E-state index contributed by atoms with van der Waals surface area (Å²) < 4.78 is 0. The highest BCUT2D eigenvalue weighted by Gasteiger charge is 2.22. The van der Waals surface area contributed by atoms with E-state index in [1.165, 1.54) is 6.07 Å². The Bertz CT molecular complexity index is 1100. The Morgan fingerprint density at radius 1 is 0.792 bits per heavy atom. The summed E-state index contributed by atoms with van der Waals surface area (Å²) in [6.45, 7) is 0. The second-order valence-corrected chi connectivity index (χ2v) is 5.62. The largest absolute Gasteiger partial charge is 0.502 e. The Labute approximate surface area is 137 Å². The number of rotatable bonds is 2. The molecule has 4 aromatic rings. The van der Waals surface area contributed by atoms with Gasteiger partial charge in [0.2, 0.25) is 5.75 Å². The molecule has 4 nitrogen and oxygen atoms in total. The van der Waals surface area contributed by atoms with E-state index in [0.29, 0.717) is 5.56 Å². The molecule has 0 atom stereocenters. The predicted octanol–water partition coefficient (Wildman–Crippen LogP) is 5.27. The lowest BCUT2D eigenvalue weighted by Gasteiger charge is -2.12. The molecule has 0 aromatic heterocycles. The Morgan fingerprint density at radius 3 is 2.17 bits per heavy atom. The SMILES string of the molecule is O=[N+]([O-])c1cc2ccccc2c(-c2cccc3ccccc23)c1O. The van der Waals surface area contributed by atoms with Crippen LogP contribution < -0.4 is 0 Å². The number of phenols is 1. The average Bonchev–Trinajstić information content (AvgIpc) is 2.61. The van der Waals surface area contributed by atoms with E-state index >= 15 is 0 Å². The molecular weight excluding hydrogens is 302 g/mol. The Hall–Kier alpha value is -3.40. The highest BCUT2D eigenvalue weighted by atomic mass is 16.6. The number of phenolic OH excluding ortho intramolecular Hbond substituents is 1. The zero-order chi connectivity index (χ0) is 16.7. The maximum absolute atomic E-state index is 11.4. The van der Waals surface area contributed by atoms with E-state index in [9.17, 15) is 15.2 Å². The predicted molar refractivity (Wildman–Crippen MR) is 95.2 cm³/mol. The normalized spacial score (nSPS) is 11.0. The topological polar surface area (TPSA) is 63.4 Å². The molecule has 0 fully saturated rings. The molecule has 24 heavy (non-hydrogen) atoms. The van der Waals surface area contributed by atoms with Gasteiger partial charge in [-0.3, -0.25) is 10.1 Å². The molecule has 0 heterocycles. The molecule has 0 unspecified atom stereocenters. The standard InChI is InChI=1S/C20H13NO3/c22-20-18(21(23)24)12-14-7-2-4-10-16(14)19(20)17-11-5-8-13-6-1-3-9-15(13)17/h1-12,22H. The van der Waals surface area contributed by atoms with Crippen molar-refractivity contribution < 1.29 is 10.0 Å². The van der Waals surface area contributed by atoms with Gasteiger partial charge in [-0.2, -0.15) is 0 Å². The smallest absolute Gasteiger partial charge is 0.312 e. The van der Waals surface area contributed by atoms with Crippen molar-refractivity contribution >= 4 is 27.2 Å². The number of nitro benzene ring substituents is 1. The van der Waals surface area contributed by atoms with Gasteiger partial charge in [0.1, 0.15) is 0 Å².